The van der Waals surface area contributed by atoms with Crippen molar-refractivity contribution in [1.29, 1.82) is 0 Å². The largest absolute Gasteiger partial charge is 0.466 e. The quantitative estimate of drug-likeness (QED) is 0.632. The number of methoxy groups -OCH3 is 1. The number of anilines is 1. The summed E-state index contributed by atoms with van der Waals surface area (Å²) >= 11 is 0. The molecule has 1 aromatic carbocycles. The minimum absolute atomic E-state index is 0.0634. The maximum Gasteiger partial charge on any atom is 0.338 e. The van der Waals surface area contributed by atoms with Crippen LogP contribution in [0.1, 0.15) is 38.2 Å². The Labute approximate surface area is 198 Å². The highest BCUT2D eigenvalue weighted by atomic mass is 32.2. The monoisotopic (exact) mass is 482 g/mol. The number of ketones is 1. The number of aromatic nitrogens is 1. The molecule has 178 valence electrons. The first-order valence-electron chi connectivity index (χ1n) is 10.6. The smallest absolute Gasteiger partial charge is 0.338 e. The highest BCUT2D eigenvalue weighted by molar-refractivity contribution is 7.89. The fourth-order valence-electron chi connectivity index (χ4n) is 4.68. The maximum absolute atomic E-state index is 13.5. The second kappa shape index (κ2) is 8.37. The second-order valence-corrected chi connectivity index (χ2v) is 10.7. The Morgan fingerprint density at radius 1 is 1.18 bits per heavy atom. The number of hydrogen-bond acceptors (Lipinski definition) is 8. The average Bonchev–Trinajstić information content (AvgIpc) is 2.77. The number of primary sulfonamides is 1. The van der Waals surface area contributed by atoms with Gasteiger partial charge in [-0.1, -0.05) is 19.9 Å². The fourth-order valence-corrected chi connectivity index (χ4v) is 5.19. The van der Waals surface area contributed by atoms with Gasteiger partial charge in [0.1, 0.15) is 5.82 Å². The number of Topliss-reactive ketones (excluding diaryl/α,β-unsaturated/α-hetero) is 1. The van der Waals surface area contributed by atoms with Gasteiger partial charge in [-0.15, -0.1) is 0 Å². The number of allylic oxidation sites excluding steroid dienone is 2. The predicted octanol–water partition coefficient (Wildman–Crippen LogP) is 2.32. The van der Waals surface area contributed by atoms with Crippen molar-refractivity contribution in [2.75, 3.05) is 12.0 Å². The first-order valence-corrected chi connectivity index (χ1v) is 12.2. The van der Waals surface area contributed by atoms with Crippen LogP contribution >= 0.6 is 0 Å². The molecule has 0 spiro atoms. The molecule has 1 aliphatic carbocycles. The topological polar surface area (TPSA) is 146 Å². The van der Waals surface area contributed by atoms with Crippen LogP contribution in [0.25, 0.3) is 0 Å². The number of ether oxygens (including phenoxy) is 1. The number of carbonyl (C=O) groups excluding carboxylic acids is 2. The van der Waals surface area contributed by atoms with E-state index in [0.29, 0.717) is 35.4 Å². The van der Waals surface area contributed by atoms with Gasteiger partial charge in [-0.25, -0.2) is 18.4 Å². The summed E-state index contributed by atoms with van der Waals surface area (Å²) in [7, 11) is -2.64. The fraction of sp³-hybridized carbons (Fsp3) is 0.292. The number of hydrogen-bond donors (Lipinski definition) is 2. The number of pyridine rings is 1. The predicted molar refractivity (Wildman–Crippen MR) is 126 cm³/mol. The molecule has 2 aromatic rings. The van der Waals surface area contributed by atoms with Crippen LogP contribution in [0.4, 0.5) is 5.69 Å². The Balaban J connectivity index is 2.00. The molecular weight excluding hydrogens is 456 g/mol. The molecule has 0 amide bonds. The number of nitrogens with zero attached hydrogens (tertiary/aromatic N) is 2. The Hall–Kier alpha value is -3.50. The van der Waals surface area contributed by atoms with Gasteiger partial charge >= 0.3 is 5.97 Å². The van der Waals surface area contributed by atoms with Crippen molar-refractivity contribution < 1.29 is 22.7 Å². The number of nitrogens with two attached hydrogens (primary N) is 2. The Kier molecular flexibility index (Phi) is 5.82. The van der Waals surface area contributed by atoms with Crippen molar-refractivity contribution >= 4 is 27.5 Å². The molecular formula is C24H26N4O5S. The van der Waals surface area contributed by atoms with E-state index in [-0.39, 0.29) is 27.5 Å². The summed E-state index contributed by atoms with van der Waals surface area (Å²) in [6, 6.07) is 9.33. The van der Waals surface area contributed by atoms with E-state index in [4.69, 9.17) is 15.6 Å². The van der Waals surface area contributed by atoms with Crippen LogP contribution in [0.3, 0.4) is 0 Å². The van der Waals surface area contributed by atoms with Crippen LogP contribution in [0.15, 0.2) is 76.4 Å². The zero-order chi connectivity index (χ0) is 24.8. The van der Waals surface area contributed by atoms with Gasteiger partial charge in [0.05, 0.1) is 23.5 Å². The first kappa shape index (κ1) is 23.7. The molecule has 0 saturated carbocycles. The summed E-state index contributed by atoms with van der Waals surface area (Å²) < 4.78 is 28.5. The van der Waals surface area contributed by atoms with Gasteiger partial charge in [0.2, 0.25) is 10.0 Å². The van der Waals surface area contributed by atoms with Gasteiger partial charge in [-0.05, 0) is 47.7 Å². The van der Waals surface area contributed by atoms with Crippen molar-refractivity contribution in [3.63, 3.8) is 0 Å². The lowest BCUT2D eigenvalue weighted by Gasteiger charge is -2.44. The van der Waals surface area contributed by atoms with Gasteiger partial charge in [0, 0.05) is 35.8 Å². The third-order valence-electron chi connectivity index (χ3n) is 6.11. The van der Waals surface area contributed by atoms with E-state index in [1.54, 1.807) is 41.6 Å². The van der Waals surface area contributed by atoms with Crippen molar-refractivity contribution in [1.82, 2.24) is 4.98 Å². The Bertz CT molecular complexity index is 1330. The molecule has 4 N–H and O–H groups in total. The van der Waals surface area contributed by atoms with Gasteiger partial charge < -0.3 is 10.5 Å². The van der Waals surface area contributed by atoms with E-state index in [1.165, 1.54) is 19.2 Å². The zero-order valence-electron chi connectivity index (χ0n) is 19.1. The number of benzene rings is 1. The van der Waals surface area contributed by atoms with Crippen LogP contribution in [0.2, 0.25) is 0 Å². The molecule has 2 aliphatic rings. The molecule has 1 aliphatic heterocycles. The van der Waals surface area contributed by atoms with Crippen LogP contribution in [-0.2, 0) is 24.3 Å². The van der Waals surface area contributed by atoms with Gasteiger partial charge in [-0.2, -0.15) is 0 Å². The summed E-state index contributed by atoms with van der Waals surface area (Å²) in [5, 5.41) is 5.24. The number of esters is 1. The first-order chi connectivity index (χ1) is 15.9. The van der Waals surface area contributed by atoms with Crippen molar-refractivity contribution in [2.45, 2.75) is 37.5 Å². The van der Waals surface area contributed by atoms with Crippen LogP contribution < -0.4 is 15.8 Å². The third kappa shape index (κ3) is 4.10. The Morgan fingerprint density at radius 3 is 2.41 bits per heavy atom. The van der Waals surface area contributed by atoms with E-state index in [1.807, 2.05) is 13.8 Å². The molecule has 0 saturated heterocycles. The second-order valence-electron chi connectivity index (χ2n) is 9.19. The zero-order valence-corrected chi connectivity index (χ0v) is 19.9. The number of carbonyl (C=O) groups is 2. The molecule has 1 aromatic heterocycles. The van der Waals surface area contributed by atoms with Crippen molar-refractivity contribution in [2.24, 2.45) is 16.3 Å². The minimum atomic E-state index is -3.90. The van der Waals surface area contributed by atoms with E-state index in [0.717, 1.165) is 0 Å². The standard InChI is InChI=1S/C24H26N4O5S/c1-24(2)11-17-20(18(29)12-24)19(14-5-4-10-27-13-14)21(23(30)33-3)22(25)28(17)15-6-8-16(9-7-15)34(26,31)32/h4-10,13,19H,11-12,25H2,1-3H3,(H2,26,31,32)/t19-/m0/s1. The van der Waals surface area contributed by atoms with E-state index >= 15 is 0 Å². The third-order valence-corrected chi connectivity index (χ3v) is 7.04. The van der Waals surface area contributed by atoms with Crippen molar-refractivity contribution in [3.8, 4) is 0 Å². The maximum atomic E-state index is 13.5. The lowest BCUT2D eigenvalue weighted by atomic mass is 9.68. The molecule has 34 heavy (non-hydrogen) atoms. The highest BCUT2D eigenvalue weighted by Gasteiger charge is 2.46. The normalized spacial score (nSPS) is 20.3. The van der Waals surface area contributed by atoms with E-state index in [9.17, 15) is 18.0 Å². The van der Waals surface area contributed by atoms with Gasteiger partial charge in [0.25, 0.3) is 0 Å². The molecule has 0 radical (unpaired) electrons. The minimum Gasteiger partial charge on any atom is -0.466 e. The molecule has 0 fully saturated rings. The lowest BCUT2D eigenvalue weighted by Crippen LogP contribution is -2.43. The summed E-state index contributed by atoms with van der Waals surface area (Å²) in [5.41, 5.74) is 8.65. The van der Waals surface area contributed by atoms with Gasteiger partial charge in [-0.3, -0.25) is 14.7 Å². The average molecular weight is 483 g/mol. The molecule has 2 heterocycles. The van der Waals surface area contributed by atoms with Crippen LogP contribution in [-0.4, -0.2) is 32.3 Å². The molecule has 0 bridgehead atoms. The SMILES string of the molecule is COC(=O)C1=C(N)N(c2ccc(S(N)(=O)=O)cc2)C2=C(C(=O)CC(C)(C)C2)[C@@H]1c1cccnc1. The molecule has 0 unspecified atom stereocenters. The van der Waals surface area contributed by atoms with Gasteiger partial charge in [0.15, 0.2) is 5.78 Å². The van der Waals surface area contributed by atoms with E-state index < -0.39 is 21.9 Å². The summed E-state index contributed by atoms with van der Waals surface area (Å²) in [5.74, 6) is -1.39. The van der Waals surface area contributed by atoms with Crippen molar-refractivity contribution in [3.05, 3.63) is 77.0 Å². The summed E-state index contributed by atoms with van der Waals surface area (Å²) in [6.07, 6.45) is 4.03. The molecule has 9 nitrogen and oxygen atoms in total. The Morgan fingerprint density at radius 2 is 1.85 bits per heavy atom. The highest BCUT2D eigenvalue weighted by Crippen LogP contribution is 2.50. The summed E-state index contributed by atoms with van der Waals surface area (Å²) in [4.78, 5) is 32.3. The summed E-state index contributed by atoms with van der Waals surface area (Å²) in [6.45, 7) is 3.98. The molecule has 4 rings (SSSR count). The number of rotatable bonds is 4. The van der Waals surface area contributed by atoms with E-state index in [2.05, 4.69) is 4.98 Å². The molecule has 1 atom stereocenters. The lowest BCUT2D eigenvalue weighted by molar-refractivity contribution is -0.136. The molecule has 10 heteroatoms. The number of sulfonamides is 1. The van der Waals surface area contributed by atoms with Crippen LogP contribution in [0.5, 0.6) is 0 Å². The van der Waals surface area contributed by atoms with Crippen LogP contribution in [0, 0.1) is 5.41 Å².